The molecule has 1 N–H and O–H groups in total. The van der Waals surface area contributed by atoms with Crippen molar-refractivity contribution < 1.29 is 0 Å². The number of H-pyrrole nitrogens is 1. The molecule has 1 atom stereocenters. The number of hydrogen-bond donors (Lipinski definition) is 1. The standard InChI is InChI=1S/C17H19N5/c1-2-15-14(3-6-18-15)9-13(1)16-10-22(20-19-16)17-11-21-7-4-12(17)5-8-21/h1-3,6,9-10,12,17-18H,4-5,7-8,11H2. The summed E-state index contributed by atoms with van der Waals surface area (Å²) in [5.41, 5.74) is 3.27. The molecule has 3 aliphatic rings. The zero-order chi connectivity index (χ0) is 14.5. The maximum absolute atomic E-state index is 4.43. The van der Waals surface area contributed by atoms with Crippen LogP contribution < -0.4 is 0 Å². The summed E-state index contributed by atoms with van der Waals surface area (Å²) in [7, 11) is 0. The van der Waals surface area contributed by atoms with Crippen LogP contribution in [0.2, 0.25) is 0 Å². The number of aromatic amines is 1. The number of piperidine rings is 3. The molecule has 3 saturated heterocycles. The molecule has 3 aromatic rings. The van der Waals surface area contributed by atoms with Crippen LogP contribution >= 0.6 is 0 Å². The normalized spacial score (nSPS) is 27.5. The van der Waals surface area contributed by atoms with Crippen molar-refractivity contribution in [3.8, 4) is 11.3 Å². The minimum absolute atomic E-state index is 0.500. The van der Waals surface area contributed by atoms with Crippen molar-refractivity contribution in [1.29, 1.82) is 0 Å². The molecular weight excluding hydrogens is 274 g/mol. The van der Waals surface area contributed by atoms with E-state index in [0.29, 0.717) is 6.04 Å². The van der Waals surface area contributed by atoms with Gasteiger partial charge in [0, 0.05) is 29.2 Å². The van der Waals surface area contributed by atoms with Crippen LogP contribution in [0.1, 0.15) is 18.9 Å². The molecule has 2 aromatic heterocycles. The first-order valence-electron chi connectivity index (χ1n) is 8.08. The molecule has 0 radical (unpaired) electrons. The minimum Gasteiger partial charge on any atom is -0.361 e. The summed E-state index contributed by atoms with van der Waals surface area (Å²) >= 11 is 0. The quantitative estimate of drug-likeness (QED) is 0.790. The third-order valence-corrected chi connectivity index (χ3v) is 5.32. The van der Waals surface area contributed by atoms with E-state index in [4.69, 9.17) is 0 Å². The molecule has 5 heterocycles. The van der Waals surface area contributed by atoms with Gasteiger partial charge in [-0.15, -0.1) is 5.10 Å². The molecule has 5 nitrogen and oxygen atoms in total. The van der Waals surface area contributed by atoms with Gasteiger partial charge in [-0.1, -0.05) is 11.3 Å². The first-order valence-corrected chi connectivity index (χ1v) is 8.08. The molecule has 112 valence electrons. The molecule has 3 fully saturated rings. The van der Waals surface area contributed by atoms with E-state index in [1.165, 1.54) is 31.3 Å². The summed E-state index contributed by atoms with van der Waals surface area (Å²) in [6.07, 6.45) is 6.70. The van der Waals surface area contributed by atoms with E-state index in [1.807, 2.05) is 6.20 Å². The van der Waals surface area contributed by atoms with E-state index in [9.17, 15) is 0 Å². The van der Waals surface area contributed by atoms with E-state index in [-0.39, 0.29) is 0 Å². The van der Waals surface area contributed by atoms with Crippen LogP contribution in [0.15, 0.2) is 36.7 Å². The van der Waals surface area contributed by atoms with Gasteiger partial charge in [0.25, 0.3) is 0 Å². The molecule has 0 saturated carbocycles. The lowest BCUT2D eigenvalue weighted by Gasteiger charge is -2.44. The van der Waals surface area contributed by atoms with Crippen LogP contribution in [0.5, 0.6) is 0 Å². The summed E-state index contributed by atoms with van der Waals surface area (Å²) < 4.78 is 2.10. The van der Waals surface area contributed by atoms with Crippen molar-refractivity contribution in [2.24, 2.45) is 5.92 Å². The van der Waals surface area contributed by atoms with Crippen molar-refractivity contribution in [3.63, 3.8) is 0 Å². The summed E-state index contributed by atoms with van der Waals surface area (Å²) in [4.78, 5) is 5.78. The highest BCUT2D eigenvalue weighted by Gasteiger charge is 2.35. The molecule has 2 bridgehead atoms. The first kappa shape index (κ1) is 12.4. The van der Waals surface area contributed by atoms with Gasteiger partial charge in [-0.2, -0.15) is 0 Å². The van der Waals surface area contributed by atoms with Crippen molar-refractivity contribution in [1.82, 2.24) is 24.9 Å². The Labute approximate surface area is 128 Å². The molecular formula is C17H19N5. The fourth-order valence-corrected chi connectivity index (χ4v) is 4.02. The Kier molecular flexibility index (Phi) is 2.64. The second kappa shape index (κ2) is 4.68. The zero-order valence-corrected chi connectivity index (χ0v) is 12.4. The van der Waals surface area contributed by atoms with E-state index in [0.717, 1.165) is 29.2 Å². The smallest absolute Gasteiger partial charge is 0.113 e. The number of aromatic nitrogens is 4. The van der Waals surface area contributed by atoms with Crippen LogP contribution in [0, 0.1) is 5.92 Å². The maximum atomic E-state index is 4.43. The van der Waals surface area contributed by atoms with Crippen molar-refractivity contribution >= 4 is 10.9 Å². The lowest BCUT2D eigenvalue weighted by molar-refractivity contribution is 0.0504. The number of nitrogens with one attached hydrogen (secondary N) is 1. The van der Waals surface area contributed by atoms with Crippen LogP contribution in [0.4, 0.5) is 0 Å². The van der Waals surface area contributed by atoms with Crippen LogP contribution in [0.3, 0.4) is 0 Å². The van der Waals surface area contributed by atoms with Gasteiger partial charge in [0.05, 0.1) is 12.2 Å². The van der Waals surface area contributed by atoms with Crippen LogP contribution in [-0.2, 0) is 0 Å². The Morgan fingerprint density at radius 2 is 2.05 bits per heavy atom. The molecule has 1 aromatic carbocycles. The lowest BCUT2D eigenvalue weighted by atomic mass is 9.84. The Balaban J connectivity index is 1.48. The molecule has 0 aliphatic carbocycles. The van der Waals surface area contributed by atoms with Gasteiger partial charge < -0.3 is 9.88 Å². The van der Waals surface area contributed by atoms with E-state index < -0.39 is 0 Å². The second-order valence-corrected chi connectivity index (χ2v) is 6.57. The number of hydrogen-bond acceptors (Lipinski definition) is 3. The Morgan fingerprint density at radius 3 is 2.86 bits per heavy atom. The molecule has 6 rings (SSSR count). The largest absolute Gasteiger partial charge is 0.361 e. The Morgan fingerprint density at radius 1 is 1.14 bits per heavy atom. The highest BCUT2D eigenvalue weighted by Crippen LogP contribution is 2.35. The van der Waals surface area contributed by atoms with Gasteiger partial charge in [0.2, 0.25) is 0 Å². The average Bonchev–Trinajstić information content (AvgIpc) is 3.24. The molecule has 0 spiro atoms. The number of benzene rings is 1. The minimum atomic E-state index is 0.500. The molecule has 22 heavy (non-hydrogen) atoms. The first-order chi connectivity index (χ1) is 10.9. The van der Waals surface area contributed by atoms with Gasteiger partial charge in [-0.25, -0.2) is 4.68 Å². The van der Waals surface area contributed by atoms with Crippen LogP contribution in [-0.4, -0.2) is 44.5 Å². The van der Waals surface area contributed by atoms with Crippen molar-refractivity contribution in [3.05, 3.63) is 36.7 Å². The Bertz CT molecular complexity index is 809. The average molecular weight is 293 g/mol. The van der Waals surface area contributed by atoms with E-state index in [1.54, 1.807) is 0 Å². The third kappa shape index (κ3) is 1.89. The summed E-state index contributed by atoms with van der Waals surface area (Å²) in [6, 6.07) is 8.99. The van der Waals surface area contributed by atoms with E-state index in [2.05, 4.69) is 55.3 Å². The second-order valence-electron chi connectivity index (χ2n) is 6.57. The van der Waals surface area contributed by atoms with E-state index >= 15 is 0 Å². The lowest BCUT2D eigenvalue weighted by Crippen LogP contribution is -2.48. The topological polar surface area (TPSA) is 49.7 Å². The van der Waals surface area contributed by atoms with Gasteiger partial charge in [-0.3, -0.25) is 0 Å². The van der Waals surface area contributed by atoms with Crippen molar-refractivity contribution in [2.75, 3.05) is 19.6 Å². The number of rotatable bonds is 2. The number of nitrogens with zero attached hydrogens (tertiary/aromatic N) is 4. The third-order valence-electron chi connectivity index (χ3n) is 5.32. The fraction of sp³-hybridized carbons (Fsp3) is 0.412. The van der Waals surface area contributed by atoms with Crippen LogP contribution in [0.25, 0.3) is 22.2 Å². The van der Waals surface area contributed by atoms with Gasteiger partial charge in [0.1, 0.15) is 5.69 Å². The molecule has 5 heteroatoms. The summed E-state index contributed by atoms with van der Waals surface area (Å²) in [5, 5.41) is 10.1. The number of fused-ring (bicyclic) bond motifs is 4. The molecule has 0 amide bonds. The fourth-order valence-electron chi connectivity index (χ4n) is 4.02. The zero-order valence-electron chi connectivity index (χ0n) is 12.4. The summed E-state index contributed by atoms with van der Waals surface area (Å²) in [6.45, 7) is 3.64. The predicted octanol–water partition coefficient (Wildman–Crippen LogP) is 2.69. The van der Waals surface area contributed by atoms with Gasteiger partial charge in [-0.05, 0) is 50.0 Å². The van der Waals surface area contributed by atoms with Gasteiger partial charge >= 0.3 is 0 Å². The molecule has 1 unspecified atom stereocenters. The highest BCUT2D eigenvalue weighted by atomic mass is 15.4. The molecule has 3 aliphatic heterocycles. The SMILES string of the molecule is c1cc2cc(-c3cn(C4CN5CCC4CC5)nn3)ccc2[nH]1. The summed E-state index contributed by atoms with van der Waals surface area (Å²) in [5.74, 6) is 0.770. The highest BCUT2D eigenvalue weighted by molar-refractivity contribution is 5.84. The predicted molar refractivity (Wildman–Crippen MR) is 85.5 cm³/mol. The van der Waals surface area contributed by atoms with Gasteiger partial charge in [0.15, 0.2) is 0 Å². The monoisotopic (exact) mass is 293 g/mol. The maximum Gasteiger partial charge on any atom is 0.113 e. The Hall–Kier alpha value is -2.14. The van der Waals surface area contributed by atoms with Crippen molar-refractivity contribution in [2.45, 2.75) is 18.9 Å².